The third-order valence-electron chi connectivity index (χ3n) is 7.75. The van der Waals surface area contributed by atoms with Crippen molar-refractivity contribution in [2.24, 2.45) is 0 Å². The molecule has 0 radical (unpaired) electrons. The second-order valence-electron chi connectivity index (χ2n) is 11.9. The molecule has 0 saturated carbocycles. The molecule has 0 amide bonds. The van der Waals surface area contributed by atoms with E-state index in [0.29, 0.717) is 12.8 Å². The van der Waals surface area contributed by atoms with Crippen molar-refractivity contribution >= 4 is 28.8 Å². The summed E-state index contributed by atoms with van der Waals surface area (Å²) in [6.07, 6.45) is 29.1. The van der Waals surface area contributed by atoms with Crippen molar-refractivity contribution < 1.29 is 29.0 Å². The fraction of sp³-hybridized carbons (Fsp3) is 0.914. The highest BCUT2D eigenvalue weighted by Gasteiger charge is 2.16. The molecule has 42 heavy (non-hydrogen) atoms. The van der Waals surface area contributed by atoms with Gasteiger partial charge in [0.2, 0.25) is 0 Å². The predicted molar refractivity (Wildman–Crippen MR) is 177 cm³/mol. The number of unbranched alkanes of at least 4 members (excludes halogenated alkanes) is 22. The van der Waals surface area contributed by atoms with Gasteiger partial charge in [0.05, 0.1) is 6.61 Å². The summed E-state index contributed by atoms with van der Waals surface area (Å²) in [5, 5.41) is 9.73. The Morgan fingerprint density at radius 1 is 0.571 bits per heavy atom. The summed E-state index contributed by atoms with van der Waals surface area (Å²) in [6, 6.07) is 0. The molecule has 0 aromatic rings. The first-order valence-electron chi connectivity index (χ1n) is 17.6. The van der Waals surface area contributed by atoms with Gasteiger partial charge in [-0.3, -0.25) is 14.4 Å². The summed E-state index contributed by atoms with van der Waals surface area (Å²) in [4.78, 5) is 35.0. The summed E-state index contributed by atoms with van der Waals surface area (Å²) in [7, 11) is 0. The predicted octanol–water partition coefficient (Wildman–Crippen LogP) is 9.88. The molecule has 6 nitrogen and oxygen atoms in total. The lowest BCUT2D eigenvalue weighted by molar-refractivity contribution is -0.161. The number of esters is 2. The van der Waals surface area contributed by atoms with Crippen LogP contribution in [0.25, 0.3) is 0 Å². The maximum Gasteiger partial charge on any atom is 0.306 e. The highest BCUT2D eigenvalue weighted by molar-refractivity contribution is 8.13. The number of ether oxygens (including phenoxy) is 2. The van der Waals surface area contributed by atoms with Crippen LogP contribution in [0.5, 0.6) is 0 Å². The van der Waals surface area contributed by atoms with Crippen LogP contribution in [-0.4, -0.2) is 47.2 Å². The summed E-state index contributed by atoms with van der Waals surface area (Å²) in [5.41, 5.74) is 0. The lowest BCUT2D eigenvalue weighted by atomic mass is 10.0. The van der Waals surface area contributed by atoms with Crippen molar-refractivity contribution in [3.05, 3.63) is 0 Å². The first-order chi connectivity index (χ1) is 20.5. The van der Waals surface area contributed by atoms with E-state index in [2.05, 4.69) is 6.92 Å². The van der Waals surface area contributed by atoms with Gasteiger partial charge in [-0.15, -0.1) is 0 Å². The number of carbonyl (C=O) groups is 3. The van der Waals surface area contributed by atoms with Crippen molar-refractivity contribution in [2.45, 2.75) is 187 Å². The third-order valence-corrected chi connectivity index (χ3v) is 8.65. The molecule has 1 N–H and O–H groups in total. The molecule has 0 saturated heterocycles. The fourth-order valence-electron chi connectivity index (χ4n) is 5.09. The molecule has 0 aromatic heterocycles. The van der Waals surface area contributed by atoms with Gasteiger partial charge in [0.1, 0.15) is 6.61 Å². The van der Waals surface area contributed by atoms with Crippen LogP contribution in [0.15, 0.2) is 0 Å². The maximum atomic E-state index is 12.1. The number of hydrogen-bond acceptors (Lipinski definition) is 7. The van der Waals surface area contributed by atoms with E-state index in [1.165, 1.54) is 121 Å². The van der Waals surface area contributed by atoms with Crippen LogP contribution < -0.4 is 0 Å². The van der Waals surface area contributed by atoms with Gasteiger partial charge in [-0.1, -0.05) is 154 Å². The Balaban J connectivity index is 3.51. The van der Waals surface area contributed by atoms with E-state index in [1.807, 2.05) is 0 Å². The minimum Gasteiger partial charge on any atom is -0.462 e. The molecule has 0 unspecified atom stereocenters. The first-order valence-corrected chi connectivity index (χ1v) is 18.6. The minimum absolute atomic E-state index is 0.0725. The van der Waals surface area contributed by atoms with Crippen molar-refractivity contribution in [3.8, 4) is 0 Å². The third kappa shape index (κ3) is 31.8. The number of aliphatic hydroxyl groups excluding tert-OH is 1. The van der Waals surface area contributed by atoms with Crippen LogP contribution in [0.4, 0.5) is 0 Å². The smallest absolute Gasteiger partial charge is 0.306 e. The van der Waals surface area contributed by atoms with Gasteiger partial charge >= 0.3 is 11.9 Å². The van der Waals surface area contributed by atoms with Crippen molar-refractivity contribution in [3.63, 3.8) is 0 Å². The Kier molecular flexibility index (Phi) is 32.0. The second kappa shape index (κ2) is 32.8. The van der Waals surface area contributed by atoms with Crippen LogP contribution in [0, 0.1) is 0 Å². The Hall–Kier alpha value is -1.08. The van der Waals surface area contributed by atoms with E-state index in [-0.39, 0.29) is 30.3 Å². The van der Waals surface area contributed by atoms with Crippen LogP contribution in [-0.2, 0) is 23.9 Å². The molecule has 1 atom stereocenters. The van der Waals surface area contributed by atoms with Crippen molar-refractivity contribution in [2.75, 3.05) is 19.0 Å². The zero-order valence-electron chi connectivity index (χ0n) is 27.5. The first kappa shape index (κ1) is 40.9. The molecule has 0 aliphatic rings. The van der Waals surface area contributed by atoms with Gasteiger partial charge in [-0.2, -0.15) is 0 Å². The monoisotopic (exact) mass is 614 g/mol. The van der Waals surface area contributed by atoms with Crippen LogP contribution in [0.3, 0.4) is 0 Å². The summed E-state index contributed by atoms with van der Waals surface area (Å²) in [5.74, 6) is 0.355. The topological polar surface area (TPSA) is 89.9 Å². The number of thioether (sulfide) groups is 1. The molecule has 0 rings (SSSR count). The number of hydrogen-bond donors (Lipinski definition) is 1. The van der Waals surface area contributed by atoms with Crippen molar-refractivity contribution in [1.82, 2.24) is 0 Å². The molecule has 0 aliphatic carbocycles. The molecule has 7 heteroatoms. The average molecular weight is 615 g/mol. The van der Waals surface area contributed by atoms with E-state index >= 15 is 0 Å². The molecular formula is C35H66O6S. The standard InChI is InChI=1S/C35H66O6S/c1-3-4-5-6-7-8-9-12-16-19-22-25-28-35(39)41-33(30-36)31-40-34(38)27-24-21-18-15-13-10-11-14-17-20-23-26-29-42-32(2)37/h33,36H,3-31H2,1-2H3/t33-/m1/s1. The average Bonchev–Trinajstić information content (AvgIpc) is 2.97. The molecular weight excluding hydrogens is 548 g/mol. The van der Waals surface area contributed by atoms with E-state index < -0.39 is 6.10 Å². The minimum atomic E-state index is -0.774. The van der Waals surface area contributed by atoms with Crippen LogP contribution >= 0.6 is 11.8 Å². The number of carbonyl (C=O) groups excluding carboxylic acids is 3. The molecule has 0 fully saturated rings. The summed E-state index contributed by atoms with van der Waals surface area (Å²) >= 11 is 1.44. The van der Waals surface area contributed by atoms with Gasteiger partial charge < -0.3 is 14.6 Å². The van der Waals surface area contributed by atoms with Gasteiger partial charge in [-0.25, -0.2) is 0 Å². The van der Waals surface area contributed by atoms with Crippen LogP contribution in [0.1, 0.15) is 181 Å². The SMILES string of the molecule is CCCCCCCCCCCCCCC(=O)O[C@H](CO)COC(=O)CCCCCCCCCCCCCCSC(C)=O. The van der Waals surface area contributed by atoms with E-state index in [0.717, 1.165) is 50.7 Å². The number of rotatable bonds is 32. The summed E-state index contributed by atoms with van der Waals surface area (Å²) in [6.45, 7) is 3.48. The van der Waals surface area contributed by atoms with E-state index in [4.69, 9.17) is 9.47 Å². The molecule has 0 aromatic carbocycles. The Morgan fingerprint density at radius 2 is 0.952 bits per heavy atom. The zero-order chi connectivity index (χ0) is 30.9. The number of aliphatic hydroxyl groups is 1. The maximum absolute atomic E-state index is 12.1. The second-order valence-corrected chi connectivity index (χ2v) is 13.2. The zero-order valence-corrected chi connectivity index (χ0v) is 28.3. The molecule has 248 valence electrons. The van der Waals surface area contributed by atoms with Gasteiger partial charge in [0, 0.05) is 25.5 Å². The quantitative estimate of drug-likeness (QED) is 0.0596. The molecule has 0 heterocycles. The molecule has 0 aliphatic heterocycles. The Bertz CT molecular complexity index is 627. The normalized spacial score (nSPS) is 11.9. The van der Waals surface area contributed by atoms with Crippen LogP contribution in [0.2, 0.25) is 0 Å². The lowest BCUT2D eigenvalue weighted by Crippen LogP contribution is -2.28. The largest absolute Gasteiger partial charge is 0.462 e. The van der Waals surface area contributed by atoms with Crippen molar-refractivity contribution in [1.29, 1.82) is 0 Å². The van der Waals surface area contributed by atoms with Gasteiger partial charge in [0.25, 0.3) is 0 Å². The molecule has 0 spiro atoms. The Morgan fingerprint density at radius 3 is 1.36 bits per heavy atom. The lowest BCUT2D eigenvalue weighted by Gasteiger charge is -2.15. The highest BCUT2D eigenvalue weighted by Crippen LogP contribution is 2.15. The summed E-state index contributed by atoms with van der Waals surface area (Å²) < 4.78 is 10.6. The van der Waals surface area contributed by atoms with E-state index in [1.54, 1.807) is 6.92 Å². The van der Waals surface area contributed by atoms with Gasteiger partial charge in [0.15, 0.2) is 11.2 Å². The Labute approximate surface area is 263 Å². The van der Waals surface area contributed by atoms with Gasteiger partial charge in [-0.05, 0) is 19.3 Å². The highest BCUT2D eigenvalue weighted by atomic mass is 32.2. The molecule has 0 bridgehead atoms. The van der Waals surface area contributed by atoms with E-state index in [9.17, 15) is 19.5 Å². The fourth-order valence-corrected chi connectivity index (χ4v) is 5.73.